The molecule has 7 nitrogen and oxygen atoms in total. The quantitative estimate of drug-likeness (QED) is 0.891. The maximum Gasteiger partial charge on any atom is 0.410 e. The first-order valence-corrected chi connectivity index (χ1v) is 9.13. The first-order valence-electron chi connectivity index (χ1n) is 9.13. The van der Waals surface area contributed by atoms with E-state index in [1.165, 1.54) is 0 Å². The molecule has 0 aliphatic carbocycles. The maximum atomic E-state index is 12.8. The lowest BCUT2D eigenvalue weighted by Gasteiger charge is -2.39. The third-order valence-electron chi connectivity index (χ3n) is 4.96. The van der Waals surface area contributed by atoms with Gasteiger partial charge in [-0.2, -0.15) is 5.10 Å². The highest BCUT2D eigenvalue weighted by Gasteiger charge is 2.39. The number of aromatic amines is 1. The van der Waals surface area contributed by atoms with Gasteiger partial charge in [0.2, 0.25) is 0 Å². The molecule has 25 heavy (non-hydrogen) atoms. The van der Waals surface area contributed by atoms with Gasteiger partial charge in [-0.1, -0.05) is 0 Å². The summed E-state index contributed by atoms with van der Waals surface area (Å²) in [7, 11) is 0. The molecule has 2 amide bonds. The Labute approximate surface area is 148 Å². The Balaban J connectivity index is 1.65. The zero-order valence-electron chi connectivity index (χ0n) is 15.3. The molecule has 2 aliphatic rings. The Hall–Kier alpha value is -2.05. The fourth-order valence-electron chi connectivity index (χ4n) is 3.82. The highest BCUT2D eigenvalue weighted by molar-refractivity contribution is 5.92. The van der Waals surface area contributed by atoms with Gasteiger partial charge in [0.25, 0.3) is 5.91 Å². The average Bonchev–Trinajstić information content (AvgIpc) is 3.24. The molecule has 2 aliphatic heterocycles. The number of aromatic nitrogens is 2. The molecule has 3 rings (SSSR count). The summed E-state index contributed by atoms with van der Waals surface area (Å²) in [6, 6.07) is 1.90. The Kier molecular flexibility index (Phi) is 5.01. The molecule has 1 aromatic rings. The minimum Gasteiger partial charge on any atom is -0.444 e. The molecule has 0 saturated carbocycles. The highest BCUT2D eigenvalue weighted by atomic mass is 16.6. The van der Waals surface area contributed by atoms with E-state index in [0.29, 0.717) is 24.7 Å². The van der Waals surface area contributed by atoms with E-state index in [2.05, 4.69) is 10.2 Å². The van der Waals surface area contributed by atoms with Crippen LogP contribution in [0.1, 0.15) is 56.9 Å². The Morgan fingerprint density at radius 2 is 2.04 bits per heavy atom. The minimum absolute atomic E-state index is 0.0120. The van der Waals surface area contributed by atoms with Gasteiger partial charge in [-0.25, -0.2) is 4.79 Å². The molecule has 0 spiro atoms. The van der Waals surface area contributed by atoms with E-state index in [1.54, 1.807) is 17.2 Å². The molecule has 0 aromatic carbocycles. The Bertz CT molecular complexity index is 608. The standard InChI is InChI=1S/C18H28N4O3/c1-18(2,3)25-17(24)21-11-8-13(12-21)15-6-4-5-10-22(15)16(23)14-7-9-19-20-14/h7,9,13,15H,4-6,8,10-12H2,1-3H3,(H,19,20)/t13-,15-/m0/s1. The van der Waals surface area contributed by atoms with Crippen LogP contribution in [0.25, 0.3) is 0 Å². The van der Waals surface area contributed by atoms with Crippen molar-refractivity contribution in [2.75, 3.05) is 19.6 Å². The average molecular weight is 348 g/mol. The van der Waals surface area contributed by atoms with Crippen LogP contribution in [0.4, 0.5) is 4.79 Å². The molecule has 2 fully saturated rings. The van der Waals surface area contributed by atoms with Gasteiger partial charge >= 0.3 is 6.09 Å². The lowest BCUT2D eigenvalue weighted by atomic mass is 9.89. The summed E-state index contributed by atoms with van der Waals surface area (Å²) in [6.45, 7) is 7.76. The van der Waals surface area contributed by atoms with E-state index in [9.17, 15) is 9.59 Å². The van der Waals surface area contributed by atoms with Crippen molar-refractivity contribution in [1.82, 2.24) is 20.0 Å². The molecule has 0 radical (unpaired) electrons. The summed E-state index contributed by atoms with van der Waals surface area (Å²) in [5.74, 6) is 0.317. The van der Waals surface area contributed by atoms with Crippen LogP contribution in [0.15, 0.2) is 12.3 Å². The molecular formula is C18H28N4O3. The van der Waals surface area contributed by atoms with Crippen LogP contribution < -0.4 is 0 Å². The fourth-order valence-corrected chi connectivity index (χ4v) is 3.82. The van der Waals surface area contributed by atoms with Gasteiger partial charge in [0, 0.05) is 31.9 Å². The Morgan fingerprint density at radius 3 is 2.72 bits per heavy atom. The van der Waals surface area contributed by atoms with Crippen molar-refractivity contribution < 1.29 is 14.3 Å². The molecule has 0 bridgehead atoms. The SMILES string of the molecule is CC(C)(C)OC(=O)N1CC[C@H]([C@@H]2CCCCN2C(=O)c2ccn[nH]2)C1. The normalized spacial score (nSPS) is 24.4. The number of ether oxygens (including phenoxy) is 1. The van der Waals surface area contributed by atoms with Crippen LogP contribution in [0.2, 0.25) is 0 Å². The van der Waals surface area contributed by atoms with Crippen molar-refractivity contribution in [3.63, 3.8) is 0 Å². The topological polar surface area (TPSA) is 78.5 Å². The first kappa shape index (κ1) is 17.8. The number of hydrogen-bond donors (Lipinski definition) is 1. The number of piperidine rings is 1. The second kappa shape index (κ2) is 7.06. The molecule has 2 saturated heterocycles. The summed E-state index contributed by atoms with van der Waals surface area (Å²) in [4.78, 5) is 28.8. The maximum absolute atomic E-state index is 12.8. The number of carbonyl (C=O) groups is 2. The molecule has 3 heterocycles. The predicted octanol–water partition coefficient (Wildman–Crippen LogP) is 2.66. The summed E-state index contributed by atoms with van der Waals surface area (Å²) in [5.41, 5.74) is 0.0525. The summed E-state index contributed by atoms with van der Waals surface area (Å²) in [6.07, 6.45) is 5.41. The van der Waals surface area contributed by atoms with Crippen molar-refractivity contribution >= 4 is 12.0 Å². The van der Waals surface area contributed by atoms with E-state index < -0.39 is 5.60 Å². The summed E-state index contributed by atoms with van der Waals surface area (Å²) >= 11 is 0. The minimum atomic E-state index is -0.484. The van der Waals surface area contributed by atoms with Crippen LogP contribution in [0.5, 0.6) is 0 Å². The second-order valence-corrected chi connectivity index (χ2v) is 8.01. The summed E-state index contributed by atoms with van der Waals surface area (Å²) < 4.78 is 5.48. The number of H-pyrrole nitrogens is 1. The number of likely N-dealkylation sites (tertiary alicyclic amines) is 2. The zero-order valence-corrected chi connectivity index (χ0v) is 15.3. The van der Waals surface area contributed by atoms with E-state index >= 15 is 0 Å². The summed E-state index contributed by atoms with van der Waals surface area (Å²) in [5, 5.41) is 6.66. The van der Waals surface area contributed by atoms with Gasteiger partial charge in [-0.3, -0.25) is 9.89 Å². The fraction of sp³-hybridized carbons (Fsp3) is 0.722. The number of rotatable bonds is 2. The molecule has 2 atom stereocenters. The largest absolute Gasteiger partial charge is 0.444 e. The zero-order chi connectivity index (χ0) is 18.0. The van der Waals surface area contributed by atoms with Crippen molar-refractivity contribution in [3.8, 4) is 0 Å². The van der Waals surface area contributed by atoms with Crippen LogP contribution in [0.3, 0.4) is 0 Å². The van der Waals surface area contributed by atoms with Crippen LogP contribution in [0, 0.1) is 5.92 Å². The molecule has 7 heteroatoms. The number of nitrogens with zero attached hydrogens (tertiary/aromatic N) is 3. The molecule has 138 valence electrons. The monoisotopic (exact) mass is 348 g/mol. The predicted molar refractivity (Wildman–Crippen MR) is 93.2 cm³/mol. The molecular weight excluding hydrogens is 320 g/mol. The third-order valence-corrected chi connectivity index (χ3v) is 4.96. The van der Waals surface area contributed by atoms with Gasteiger partial charge in [0.15, 0.2) is 0 Å². The number of nitrogens with one attached hydrogen (secondary N) is 1. The third kappa shape index (κ3) is 4.14. The van der Waals surface area contributed by atoms with Crippen LogP contribution in [-0.4, -0.2) is 63.3 Å². The van der Waals surface area contributed by atoms with E-state index in [1.807, 2.05) is 25.7 Å². The van der Waals surface area contributed by atoms with Crippen LogP contribution >= 0.6 is 0 Å². The van der Waals surface area contributed by atoms with Gasteiger partial charge in [-0.05, 0) is 58.4 Å². The number of carbonyl (C=O) groups excluding carboxylic acids is 2. The van der Waals surface area contributed by atoms with Crippen molar-refractivity contribution in [3.05, 3.63) is 18.0 Å². The smallest absolute Gasteiger partial charge is 0.410 e. The molecule has 0 unspecified atom stereocenters. The Morgan fingerprint density at radius 1 is 1.24 bits per heavy atom. The second-order valence-electron chi connectivity index (χ2n) is 8.01. The molecule has 1 aromatic heterocycles. The first-order chi connectivity index (χ1) is 11.8. The lowest BCUT2D eigenvalue weighted by Crippen LogP contribution is -2.48. The van der Waals surface area contributed by atoms with E-state index in [-0.39, 0.29) is 18.0 Å². The van der Waals surface area contributed by atoms with E-state index in [0.717, 1.165) is 32.2 Å². The van der Waals surface area contributed by atoms with Gasteiger partial charge in [0.05, 0.1) is 0 Å². The number of amides is 2. The van der Waals surface area contributed by atoms with Crippen LogP contribution in [-0.2, 0) is 4.74 Å². The van der Waals surface area contributed by atoms with Crippen molar-refractivity contribution in [2.24, 2.45) is 5.92 Å². The molecule has 1 N–H and O–H groups in total. The lowest BCUT2D eigenvalue weighted by molar-refractivity contribution is 0.0269. The van der Waals surface area contributed by atoms with Crippen molar-refractivity contribution in [1.29, 1.82) is 0 Å². The van der Waals surface area contributed by atoms with Gasteiger partial charge in [-0.15, -0.1) is 0 Å². The number of hydrogen-bond acceptors (Lipinski definition) is 4. The van der Waals surface area contributed by atoms with Gasteiger partial charge < -0.3 is 14.5 Å². The van der Waals surface area contributed by atoms with Gasteiger partial charge in [0.1, 0.15) is 11.3 Å². The highest BCUT2D eigenvalue weighted by Crippen LogP contribution is 2.31. The van der Waals surface area contributed by atoms with E-state index in [4.69, 9.17) is 4.74 Å². The van der Waals surface area contributed by atoms with Crippen molar-refractivity contribution in [2.45, 2.75) is 58.1 Å².